The lowest BCUT2D eigenvalue weighted by Gasteiger charge is -2.40. The van der Waals surface area contributed by atoms with Gasteiger partial charge >= 0.3 is 0 Å². The Kier molecular flexibility index (Phi) is 4.85. The largest absolute Gasteiger partial charge is 0.389 e. The fraction of sp³-hybridized carbons (Fsp3) is 0.933. The molecule has 0 aromatic carbocycles. The van der Waals surface area contributed by atoms with Crippen LogP contribution in [0.3, 0.4) is 0 Å². The zero-order chi connectivity index (χ0) is 13.9. The molecular weight excluding hydrogens is 240 g/mol. The molecule has 2 fully saturated rings. The SMILES string of the molecule is C[C@@H](C(=O)N(C)C1CCCCC1)C1(O)CCNCC1. The Balaban J connectivity index is 1.97. The maximum absolute atomic E-state index is 12.6. The molecule has 0 aromatic heterocycles. The van der Waals surface area contributed by atoms with Crippen LogP contribution in [-0.2, 0) is 4.79 Å². The van der Waals surface area contributed by atoms with E-state index in [1.165, 1.54) is 19.3 Å². The summed E-state index contributed by atoms with van der Waals surface area (Å²) in [7, 11) is 1.92. The van der Waals surface area contributed by atoms with Gasteiger partial charge in [-0.1, -0.05) is 26.2 Å². The topological polar surface area (TPSA) is 52.6 Å². The third-order valence-electron chi connectivity index (χ3n) is 5.12. The van der Waals surface area contributed by atoms with Crippen molar-refractivity contribution in [3.63, 3.8) is 0 Å². The first-order valence-corrected chi connectivity index (χ1v) is 7.74. The van der Waals surface area contributed by atoms with E-state index in [0.717, 1.165) is 25.9 Å². The summed E-state index contributed by atoms with van der Waals surface area (Å²) in [6, 6.07) is 0.383. The van der Waals surface area contributed by atoms with Crippen LogP contribution >= 0.6 is 0 Å². The Labute approximate surface area is 116 Å². The minimum atomic E-state index is -0.814. The molecule has 0 radical (unpaired) electrons. The highest BCUT2D eigenvalue weighted by Gasteiger charge is 2.41. The Morgan fingerprint density at radius 1 is 1.26 bits per heavy atom. The van der Waals surface area contributed by atoms with Crippen molar-refractivity contribution >= 4 is 5.91 Å². The van der Waals surface area contributed by atoms with E-state index in [1.807, 2.05) is 18.9 Å². The molecule has 1 atom stereocenters. The third-order valence-corrected chi connectivity index (χ3v) is 5.12. The number of piperidine rings is 1. The van der Waals surface area contributed by atoms with Gasteiger partial charge in [0.1, 0.15) is 0 Å². The molecule has 4 heteroatoms. The lowest BCUT2D eigenvalue weighted by Crippen LogP contribution is -2.53. The molecule has 0 bridgehead atoms. The van der Waals surface area contributed by atoms with Gasteiger partial charge in [-0.25, -0.2) is 0 Å². The molecule has 1 heterocycles. The van der Waals surface area contributed by atoms with E-state index in [9.17, 15) is 9.90 Å². The zero-order valence-corrected chi connectivity index (χ0v) is 12.3. The Hall–Kier alpha value is -0.610. The third kappa shape index (κ3) is 3.29. The molecule has 1 saturated carbocycles. The number of carbonyl (C=O) groups excluding carboxylic acids is 1. The zero-order valence-electron chi connectivity index (χ0n) is 12.3. The van der Waals surface area contributed by atoms with Crippen molar-refractivity contribution in [3.05, 3.63) is 0 Å². The highest BCUT2D eigenvalue weighted by molar-refractivity contribution is 5.79. The Morgan fingerprint density at radius 2 is 1.84 bits per heavy atom. The van der Waals surface area contributed by atoms with Crippen molar-refractivity contribution in [1.29, 1.82) is 0 Å². The van der Waals surface area contributed by atoms with Gasteiger partial charge in [-0.3, -0.25) is 4.79 Å². The van der Waals surface area contributed by atoms with Crippen LogP contribution in [0.2, 0.25) is 0 Å². The Bertz CT molecular complexity index is 307. The van der Waals surface area contributed by atoms with Gasteiger partial charge in [0.2, 0.25) is 5.91 Å². The maximum atomic E-state index is 12.6. The van der Waals surface area contributed by atoms with Crippen molar-refractivity contribution < 1.29 is 9.90 Å². The number of carbonyl (C=O) groups is 1. The van der Waals surface area contributed by atoms with E-state index in [2.05, 4.69) is 5.32 Å². The van der Waals surface area contributed by atoms with Crippen molar-refractivity contribution in [2.45, 2.75) is 63.5 Å². The van der Waals surface area contributed by atoms with Crippen LogP contribution in [0, 0.1) is 5.92 Å². The fourth-order valence-electron chi connectivity index (χ4n) is 3.48. The Morgan fingerprint density at radius 3 is 2.42 bits per heavy atom. The van der Waals surface area contributed by atoms with Crippen molar-refractivity contribution in [1.82, 2.24) is 10.2 Å². The monoisotopic (exact) mass is 268 g/mol. The lowest BCUT2D eigenvalue weighted by molar-refractivity contribution is -0.147. The highest BCUT2D eigenvalue weighted by Crippen LogP contribution is 2.30. The highest BCUT2D eigenvalue weighted by atomic mass is 16.3. The predicted molar refractivity (Wildman–Crippen MR) is 75.9 cm³/mol. The molecule has 110 valence electrons. The molecule has 1 aliphatic heterocycles. The van der Waals surface area contributed by atoms with E-state index in [1.54, 1.807) is 0 Å². The molecule has 2 aliphatic rings. The molecule has 1 aliphatic carbocycles. The van der Waals surface area contributed by atoms with Crippen LogP contribution in [0.25, 0.3) is 0 Å². The number of hydrogen-bond donors (Lipinski definition) is 2. The summed E-state index contributed by atoms with van der Waals surface area (Å²) in [6.45, 7) is 3.51. The first-order valence-electron chi connectivity index (χ1n) is 7.74. The average molecular weight is 268 g/mol. The van der Waals surface area contributed by atoms with Crippen LogP contribution in [0.1, 0.15) is 51.9 Å². The summed E-state index contributed by atoms with van der Waals surface area (Å²) in [6.07, 6.45) is 7.35. The second-order valence-corrected chi connectivity index (χ2v) is 6.32. The normalized spacial score (nSPS) is 25.8. The lowest BCUT2D eigenvalue weighted by atomic mass is 9.80. The number of nitrogens with one attached hydrogen (secondary N) is 1. The second kappa shape index (κ2) is 6.23. The maximum Gasteiger partial charge on any atom is 0.228 e. The van der Waals surface area contributed by atoms with Crippen LogP contribution in [0.4, 0.5) is 0 Å². The molecule has 19 heavy (non-hydrogen) atoms. The minimum absolute atomic E-state index is 0.122. The summed E-state index contributed by atoms with van der Waals surface area (Å²) >= 11 is 0. The van der Waals surface area contributed by atoms with E-state index in [0.29, 0.717) is 18.9 Å². The molecule has 0 spiro atoms. The number of rotatable bonds is 3. The van der Waals surface area contributed by atoms with Crippen molar-refractivity contribution in [2.24, 2.45) is 5.92 Å². The fourth-order valence-corrected chi connectivity index (χ4v) is 3.48. The molecule has 0 unspecified atom stereocenters. The van der Waals surface area contributed by atoms with Gasteiger partial charge in [0.15, 0.2) is 0 Å². The molecule has 4 nitrogen and oxygen atoms in total. The van der Waals surface area contributed by atoms with Gasteiger partial charge in [0.05, 0.1) is 11.5 Å². The summed E-state index contributed by atoms with van der Waals surface area (Å²) in [4.78, 5) is 14.5. The van der Waals surface area contributed by atoms with Crippen molar-refractivity contribution in [2.75, 3.05) is 20.1 Å². The van der Waals surface area contributed by atoms with Crippen LogP contribution in [-0.4, -0.2) is 47.7 Å². The minimum Gasteiger partial charge on any atom is -0.389 e. The second-order valence-electron chi connectivity index (χ2n) is 6.32. The van der Waals surface area contributed by atoms with Gasteiger partial charge < -0.3 is 15.3 Å². The summed E-state index contributed by atoms with van der Waals surface area (Å²) in [5.41, 5.74) is -0.814. The first-order chi connectivity index (χ1) is 9.04. The molecule has 1 amide bonds. The molecule has 2 rings (SSSR count). The van der Waals surface area contributed by atoms with Crippen LogP contribution in [0.5, 0.6) is 0 Å². The molecule has 1 saturated heterocycles. The quantitative estimate of drug-likeness (QED) is 0.816. The van der Waals surface area contributed by atoms with Crippen LogP contribution in [0.15, 0.2) is 0 Å². The van der Waals surface area contributed by atoms with E-state index < -0.39 is 5.60 Å². The first kappa shape index (κ1) is 14.8. The summed E-state index contributed by atoms with van der Waals surface area (Å²) in [5.74, 6) is -0.169. The van der Waals surface area contributed by atoms with Gasteiger partial charge in [-0.05, 0) is 38.8 Å². The summed E-state index contributed by atoms with van der Waals surface area (Å²) in [5, 5.41) is 13.9. The number of amides is 1. The molecular formula is C15H28N2O2. The van der Waals surface area contributed by atoms with Gasteiger partial charge in [0.25, 0.3) is 0 Å². The van der Waals surface area contributed by atoms with Gasteiger partial charge in [-0.15, -0.1) is 0 Å². The van der Waals surface area contributed by atoms with Gasteiger partial charge in [-0.2, -0.15) is 0 Å². The number of hydrogen-bond acceptors (Lipinski definition) is 3. The van der Waals surface area contributed by atoms with Gasteiger partial charge in [0, 0.05) is 13.1 Å². The van der Waals surface area contributed by atoms with Crippen LogP contribution < -0.4 is 5.32 Å². The van der Waals surface area contributed by atoms with E-state index in [-0.39, 0.29) is 11.8 Å². The standard InChI is InChI=1S/C15H28N2O2/c1-12(15(19)8-10-16-11-9-15)14(18)17(2)13-6-4-3-5-7-13/h12-13,16,19H,3-11H2,1-2H3/t12-/m0/s1. The summed E-state index contributed by atoms with van der Waals surface area (Å²) < 4.78 is 0. The molecule has 2 N–H and O–H groups in total. The van der Waals surface area contributed by atoms with E-state index >= 15 is 0 Å². The molecule has 0 aromatic rings. The predicted octanol–water partition coefficient (Wildman–Crippen LogP) is 1.53. The number of aliphatic hydroxyl groups is 1. The van der Waals surface area contributed by atoms with E-state index in [4.69, 9.17) is 0 Å². The average Bonchev–Trinajstić information content (AvgIpc) is 2.46. The van der Waals surface area contributed by atoms with Crippen molar-refractivity contribution in [3.8, 4) is 0 Å². The number of nitrogens with zero attached hydrogens (tertiary/aromatic N) is 1. The smallest absolute Gasteiger partial charge is 0.228 e.